The molecule has 230 valence electrons. The molecule has 3 aliphatic heterocycles. The first-order chi connectivity index (χ1) is 21.5. The normalized spacial score (nSPS) is 16.7. The highest BCUT2D eigenvalue weighted by Crippen LogP contribution is 2.48. The van der Waals surface area contributed by atoms with Crippen molar-refractivity contribution in [3.8, 4) is 17.2 Å². The number of ether oxygens (including phenoxy) is 2. The molecule has 0 unspecified atom stereocenters. The van der Waals surface area contributed by atoms with Crippen LogP contribution in [-0.4, -0.2) is 85.8 Å². The highest BCUT2D eigenvalue weighted by atomic mass is 19.1. The molecule has 1 aromatic heterocycles. The summed E-state index contributed by atoms with van der Waals surface area (Å²) in [5.41, 5.74) is 6.42. The summed E-state index contributed by atoms with van der Waals surface area (Å²) in [6.07, 6.45) is 4.60. The number of rotatable bonds is 9. The van der Waals surface area contributed by atoms with Gasteiger partial charge in [0.25, 0.3) is 5.91 Å². The predicted molar refractivity (Wildman–Crippen MR) is 170 cm³/mol. The molecule has 0 spiro atoms. The summed E-state index contributed by atoms with van der Waals surface area (Å²) in [5.74, 6) is -0.611. The maximum Gasteiger partial charge on any atom is 0.256 e. The van der Waals surface area contributed by atoms with Crippen LogP contribution >= 0.6 is 0 Å². The van der Waals surface area contributed by atoms with Crippen molar-refractivity contribution in [2.45, 2.75) is 19.3 Å². The van der Waals surface area contributed by atoms with E-state index in [0.29, 0.717) is 49.8 Å². The number of nitrogens with two attached hydrogens (primary N) is 1. The first-order valence-electron chi connectivity index (χ1n) is 15.5. The molecule has 0 radical (unpaired) electrons. The van der Waals surface area contributed by atoms with Crippen LogP contribution in [0.5, 0.6) is 11.5 Å². The first kappa shape index (κ1) is 28.6. The Morgan fingerprint density at radius 3 is 2.48 bits per heavy atom. The van der Waals surface area contributed by atoms with Crippen molar-refractivity contribution in [2.75, 3.05) is 76.6 Å². The highest BCUT2D eigenvalue weighted by molar-refractivity contribution is 6.06. The second kappa shape index (κ2) is 12.1. The van der Waals surface area contributed by atoms with Crippen molar-refractivity contribution in [3.05, 3.63) is 64.2 Å². The lowest BCUT2D eigenvalue weighted by molar-refractivity contribution is 0.0378. The van der Waals surface area contributed by atoms with Crippen molar-refractivity contribution in [1.29, 1.82) is 0 Å². The number of benzene rings is 3. The van der Waals surface area contributed by atoms with Gasteiger partial charge in [-0.15, -0.1) is 0 Å². The van der Waals surface area contributed by atoms with Crippen molar-refractivity contribution < 1.29 is 18.7 Å². The van der Waals surface area contributed by atoms with Gasteiger partial charge < -0.3 is 35.3 Å². The van der Waals surface area contributed by atoms with E-state index in [1.807, 2.05) is 36.4 Å². The molecule has 10 nitrogen and oxygen atoms in total. The molecule has 0 bridgehead atoms. The zero-order valence-corrected chi connectivity index (χ0v) is 24.7. The molecule has 44 heavy (non-hydrogen) atoms. The Bertz CT molecular complexity index is 1800. The van der Waals surface area contributed by atoms with Gasteiger partial charge in [0.05, 0.1) is 30.0 Å². The standard InChI is InChI=1S/C33H37FN6O4/c34-27-28(35)26-30-32(29(27)36-8-5-12-39-14-16-43-17-15-39)44-25-19-22-7-2-1-6-21(22)18-24(25)40(30)20-23(31(26)41)33(42)37-9-13-38-10-3-4-11-38/h1-2,6-7,18-20,36H,3-5,8-17,35H2,(H,37,42). The molecular weight excluding hydrogens is 563 g/mol. The molecule has 0 atom stereocenters. The summed E-state index contributed by atoms with van der Waals surface area (Å²) in [7, 11) is 0. The number of hydrogen-bond donors (Lipinski definition) is 3. The van der Waals surface area contributed by atoms with Crippen molar-refractivity contribution in [3.63, 3.8) is 0 Å². The van der Waals surface area contributed by atoms with E-state index in [4.69, 9.17) is 15.2 Å². The third kappa shape index (κ3) is 5.25. The fourth-order valence-corrected chi connectivity index (χ4v) is 6.52. The largest absolute Gasteiger partial charge is 0.451 e. The molecule has 3 aromatic carbocycles. The van der Waals surface area contributed by atoms with Gasteiger partial charge in [0.2, 0.25) is 5.43 Å². The molecule has 2 saturated heterocycles. The van der Waals surface area contributed by atoms with E-state index in [-0.39, 0.29) is 28.1 Å². The van der Waals surface area contributed by atoms with E-state index in [1.54, 1.807) is 4.57 Å². The smallest absolute Gasteiger partial charge is 0.256 e. The molecule has 11 heteroatoms. The van der Waals surface area contributed by atoms with Gasteiger partial charge >= 0.3 is 0 Å². The van der Waals surface area contributed by atoms with Crippen molar-refractivity contribution >= 4 is 39.0 Å². The quantitative estimate of drug-likeness (QED) is 0.172. The Balaban J connectivity index is 1.29. The number of morpholine rings is 1. The summed E-state index contributed by atoms with van der Waals surface area (Å²) in [4.78, 5) is 31.9. The summed E-state index contributed by atoms with van der Waals surface area (Å²) < 4.78 is 29.7. The van der Waals surface area contributed by atoms with Gasteiger partial charge in [-0.2, -0.15) is 0 Å². The average molecular weight is 601 g/mol. The molecular formula is C33H37FN6O4. The zero-order chi connectivity index (χ0) is 30.2. The number of amides is 1. The summed E-state index contributed by atoms with van der Waals surface area (Å²) in [5, 5.41) is 7.94. The molecule has 1 amide bonds. The third-order valence-corrected chi connectivity index (χ3v) is 8.89. The maximum atomic E-state index is 16.1. The van der Waals surface area contributed by atoms with Gasteiger partial charge in [-0.1, -0.05) is 24.3 Å². The van der Waals surface area contributed by atoms with E-state index in [2.05, 4.69) is 20.4 Å². The molecule has 4 heterocycles. The van der Waals surface area contributed by atoms with E-state index in [1.165, 1.54) is 6.20 Å². The molecule has 0 saturated carbocycles. The van der Waals surface area contributed by atoms with E-state index in [0.717, 1.165) is 62.8 Å². The predicted octanol–water partition coefficient (Wildman–Crippen LogP) is 3.93. The number of likely N-dealkylation sites (tertiary alicyclic amines) is 1. The monoisotopic (exact) mass is 600 g/mol. The van der Waals surface area contributed by atoms with E-state index < -0.39 is 17.2 Å². The van der Waals surface area contributed by atoms with Crippen LogP contribution in [0.4, 0.5) is 15.8 Å². The number of anilines is 2. The SMILES string of the molecule is Nc1c(F)c(NCCCN2CCOCC2)c2c3c1c(=O)c(C(=O)NCCN1CCCC1)cn3-c1cc3ccccc3cc1O2. The lowest BCUT2D eigenvalue weighted by atomic mass is 10.0. The Morgan fingerprint density at radius 2 is 1.70 bits per heavy atom. The number of nitrogen functional groups attached to an aromatic ring is 1. The number of fused-ring (bicyclic) bond motifs is 3. The second-order valence-corrected chi connectivity index (χ2v) is 11.7. The van der Waals surface area contributed by atoms with Crippen molar-refractivity contribution in [1.82, 2.24) is 19.7 Å². The lowest BCUT2D eigenvalue weighted by Gasteiger charge is -2.28. The van der Waals surface area contributed by atoms with Crippen LogP contribution in [0.25, 0.3) is 27.4 Å². The van der Waals surface area contributed by atoms with Gasteiger partial charge in [-0.25, -0.2) is 4.39 Å². The van der Waals surface area contributed by atoms with Crippen LogP contribution in [-0.2, 0) is 4.74 Å². The molecule has 7 rings (SSSR count). The van der Waals surface area contributed by atoms with Gasteiger partial charge in [-0.05, 0) is 61.8 Å². The Hall–Kier alpha value is -4.19. The van der Waals surface area contributed by atoms with E-state index in [9.17, 15) is 9.59 Å². The summed E-state index contributed by atoms with van der Waals surface area (Å²) in [6.45, 7) is 7.61. The Morgan fingerprint density at radius 1 is 0.977 bits per heavy atom. The van der Waals surface area contributed by atoms with Crippen LogP contribution in [0.15, 0.2) is 47.4 Å². The van der Waals surface area contributed by atoms with Crippen LogP contribution < -0.4 is 26.5 Å². The number of carbonyl (C=O) groups excluding carboxylic acids is 1. The zero-order valence-electron chi connectivity index (χ0n) is 24.7. The lowest BCUT2D eigenvalue weighted by Crippen LogP contribution is -2.37. The number of hydrogen-bond acceptors (Lipinski definition) is 8. The molecule has 2 fully saturated rings. The average Bonchev–Trinajstić information content (AvgIpc) is 3.56. The van der Waals surface area contributed by atoms with Crippen molar-refractivity contribution in [2.24, 2.45) is 0 Å². The number of pyridine rings is 1. The van der Waals surface area contributed by atoms with Gasteiger partial charge in [0, 0.05) is 38.9 Å². The topological polar surface area (TPSA) is 114 Å². The Kier molecular flexibility index (Phi) is 7.84. The fourth-order valence-electron chi connectivity index (χ4n) is 6.52. The number of nitrogens with one attached hydrogen (secondary N) is 2. The van der Waals surface area contributed by atoms with E-state index >= 15 is 4.39 Å². The van der Waals surface area contributed by atoms with Crippen LogP contribution in [0.1, 0.15) is 29.6 Å². The van der Waals surface area contributed by atoms with Gasteiger partial charge in [0.1, 0.15) is 16.8 Å². The number of aromatic nitrogens is 1. The summed E-state index contributed by atoms with van der Waals surface area (Å²) >= 11 is 0. The van der Waals surface area contributed by atoms with Crippen LogP contribution in [0, 0.1) is 5.82 Å². The van der Waals surface area contributed by atoms with Gasteiger partial charge in [0.15, 0.2) is 17.3 Å². The number of halogens is 1. The number of nitrogens with zero attached hydrogens (tertiary/aromatic N) is 3. The minimum absolute atomic E-state index is 0.0673. The Labute approximate surface area is 254 Å². The summed E-state index contributed by atoms with van der Waals surface area (Å²) in [6, 6.07) is 11.7. The fraction of sp³-hybridized carbons (Fsp3) is 0.394. The molecule has 3 aliphatic rings. The molecule has 0 aliphatic carbocycles. The van der Waals surface area contributed by atoms with Crippen LogP contribution in [0.3, 0.4) is 0 Å². The second-order valence-electron chi connectivity index (χ2n) is 11.7. The van der Waals surface area contributed by atoms with Crippen LogP contribution in [0.2, 0.25) is 0 Å². The first-order valence-corrected chi connectivity index (χ1v) is 15.5. The number of carbonyl (C=O) groups is 1. The maximum absolute atomic E-state index is 16.1. The molecule has 4 N–H and O–H groups in total. The minimum atomic E-state index is -0.765. The third-order valence-electron chi connectivity index (χ3n) is 8.89. The molecule has 4 aromatic rings. The van der Waals surface area contributed by atoms with Gasteiger partial charge in [-0.3, -0.25) is 14.5 Å². The highest BCUT2D eigenvalue weighted by Gasteiger charge is 2.31. The minimum Gasteiger partial charge on any atom is -0.451 e.